The van der Waals surface area contributed by atoms with Crippen molar-refractivity contribution in [2.45, 2.75) is 20.0 Å². The van der Waals surface area contributed by atoms with Gasteiger partial charge < -0.3 is 10.1 Å². The van der Waals surface area contributed by atoms with Crippen LogP contribution in [0.25, 0.3) is 10.7 Å². The zero-order chi connectivity index (χ0) is 15.9. The lowest BCUT2D eigenvalue weighted by Crippen LogP contribution is -2.13. The topological polar surface area (TPSA) is 72.8 Å². The Labute approximate surface area is 138 Å². The van der Waals surface area contributed by atoms with Crippen LogP contribution in [0.15, 0.2) is 42.3 Å². The maximum Gasteiger partial charge on any atom is 0.213 e. The number of rotatable bonds is 7. The molecule has 7 heteroatoms. The number of nitrogens with one attached hydrogen (secondary N) is 1. The van der Waals surface area contributed by atoms with Crippen molar-refractivity contribution in [3.05, 3.63) is 53.6 Å². The molecule has 0 amide bonds. The molecule has 0 spiro atoms. The van der Waals surface area contributed by atoms with Crippen LogP contribution in [0.4, 0.5) is 0 Å². The van der Waals surface area contributed by atoms with Gasteiger partial charge in [0.2, 0.25) is 5.88 Å². The quantitative estimate of drug-likeness (QED) is 0.719. The Morgan fingerprint density at radius 2 is 2.09 bits per heavy atom. The fraction of sp³-hybridized carbons (Fsp3) is 0.250. The van der Waals surface area contributed by atoms with Crippen LogP contribution in [0.3, 0.4) is 0 Å². The van der Waals surface area contributed by atoms with Crippen LogP contribution in [0, 0.1) is 0 Å². The smallest absolute Gasteiger partial charge is 0.213 e. The molecule has 0 fully saturated rings. The minimum atomic E-state index is 0.628. The Morgan fingerprint density at radius 1 is 1.13 bits per heavy atom. The van der Waals surface area contributed by atoms with Gasteiger partial charge in [0.25, 0.3) is 0 Å². The summed E-state index contributed by atoms with van der Waals surface area (Å²) in [5.74, 6) is 0.657. The van der Waals surface area contributed by atoms with E-state index in [1.54, 1.807) is 29.9 Å². The van der Waals surface area contributed by atoms with Gasteiger partial charge in [-0.15, -0.1) is 11.3 Å². The van der Waals surface area contributed by atoms with Crippen molar-refractivity contribution >= 4 is 11.3 Å². The monoisotopic (exact) mass is 327 g/mol. The summed E-state index contributed by atoms with van der Waals surface area (Å²) in [6, 6.07) is 3.90. The Kier molecular flexibility index (Phi) is 5.23. The first-order chi connectivity index (χ1) is 11.3. The lowest BCUT2D eigenvalue weighted by atomic mass is 10.3. The minimum absolute atomic E-state index is 0.628. The van der Waals surface area contributed by atoms with Gasteiger partial charge in [0.05, 0.1) is 18.5 Å². The second-order valence-electron chi connectivity index (χ2n) is 4.78. The summed E-state index contributed by atoms with van der Waals surface area (Å²) in [7, 11) is 0. The van der Waals surface area contributed by atoms with Crippen molar-refractivity contribution < 1.29 is 4.74 Å². The van der Waals surface area contributed by atoms with E-state index in [1.165, 1.54) is 0 Å². The predicted molar refractivity (Wildman–Crippen MR) is 89.1 cm³/mol. The molecule has 3 rings (SSSR count). The standard InChI is InChI=1S/C16H17N5OS/c1-2-22-15-4-3-12(8-20-15)7-18-9-13-11-23-16(21-13)14-10-17-5-6-19-14/h3-6,8,10-11,18H,2,7,9H2,1H3. The highest BCUT2D eigenvalue weighted by Gasteiger charge is 2.05. The van der Waals surface area contributed by atoms with Crippen molar-refractivity contribution in [2.24, 2.45) is 0 Å². The third kappa shape index (κ3) is 4.30. The molecule has 0 radical (unpaired) electrons. The van der Waals surface area contributed by atoms with Gasteiger partial charge in [0.1, 0.15) is 10.7 Å². The second-order valence-corrected chi connectivity index (χ2v) is 5.63. The normalized spacial score (nSPS) is 10.7. The number of hydrogen-bond acceptors (Lipinski definition) is 7. The van der Waals surface area contributed by atoms with Crippen LogP contribution in [-0.4, -0.2) is 26.5 Å². The van der Waals surface area contributed by atoms with Gasteiger partial charge in [-0.25, -0.2) is 9.97 Å². The summed E-state index contributed by atoms with van der Waals surface area (Å²) in [6.07, 6.45) is 6.88. The lowest BCUT2D eigenvalue weighted by Gasteiger charge is -2.05. The van der Waals surface area contributed by atoms with E-state index in [9.17, 15) is 0 Å². The van der Waals surface area contributed by atoms with Crippen molar-refractivity contribution in [3.8, 4) is 16.6 Å². The van der Waals surface area contributed by atoms with Crippen LogP contribution >= 0.6 is 11.3 Å². The van der Waals surface area contributed by atoms with Crippen LogP contribution in [0.1, 0.15) is 18.2 Å². The summed E-state index contributed by atoms with van der Waals surface area (Å²) >= 11 is 1.57. The number of nitrogens with zero attached hydrogens (tertiary/aromatic N) is 4. The summed E-state index contributed by atoms with van der Waals surface area (Å²) in [5, 5.41) is 6.28. The second kappa shape index (κ2) is 7.75. The summed E-state index contributed by atoms with van der Waals surface area (Å²) in [4.78, 5) is 17.1. The summed E-state index contributed by atoms with van der Waals surface area (Å²) in [6.45, 7) is 4.00. The fourth-order valence-corrected chi connectivity index (χ4v) is 2.78. The molecule has 0 saturated carbocycles. The largest absolute Gasteiger partial charge is 0.478 e. The van der Waals surface area contributed by atoms with E-state index in [1.807, 2.05) is 30.6 Å². The van der Waals surface area contributed by atoms with E-state index in [2.05, 4.69) is 25.3 Å². The van der Waals surface area contributed by atoms with Gasteiger partial charge in [0, 0.05) is 43.1 Å². The maximum absolute atomic E-state index is 5.33. The molecule has 3 aromatic heterocycles. The van der Waals surface area contributed by atoms with E-state index >= 15 is 0 Å². The van der Waals surface area contributed by atoms with Crippen LogP contribution in [-0.2, 0) is 13.1 Å². The number of hydrogen-bond donors (Lipinski definition) is 1. The molecule has 3 heterocycles. The van der Waals surface area contributed by atoms with E-state index in [-0.39, 0.29) is 0 Å². The molecule has 0 aromatic carbocycles. The fourth-order valence-electron chi connectivity index (χ4n) is 2.00. The highest BCUT2D eigenvalue weighted by Crippen LogP contribution is 2.20. The van der Waals surface area contributed by atoms with Crippen molar-refractivity contribution in [2.75, 3.05) is 6.61 Å². The molecule has 23 heavy (non-hydrogen) atoms. The maximum atomic E-state index is 5.33. The third-order valence-corrected chi connectivity index (χ3v) is 3.97. The first-order valence-corrected chi connectivity index (χ1v) is 8.22. The first-order valence-electron chi connectivity index (χ1n) is 7.34. The van der Waals surface area contributed by atoms with Crippen molar-refractivity contribution in [3.63, 3.8) is 0 Å². The minimum Gasteiger partial charge on any atom is -0.478 e. The highest BCUT2D eigenvalue weighted by atomic mass is 32.1. The molecular formula is C16H17N5OS. The molecule has 3 aromatic rings. The highest BCUT2D eigenvalue weighted by molar-refractivity contribution is 7.13. The lowest BCUT2D eigenvalue weighted by molar-refractivity contribution is 0.326. The molecule has 0 aliphatic heterocycles. The molecule has 1 N–H and O–H groups in total. The van der Waals surface area contributed by atoms with Crippen molar-refractivity contribution in [1.82, 2.24) is 25.3 Å². The SMILES string of the molecule is CCOc1ccc(CNCc2csc(-c3cnccn3)n2)cn1. The van der Waals surface area contributed by atoms with Crippen LogP contribution in [0.2, 0.25) is 0 Å². The molecular weight excluding hydrogens is 310 g/mol. The van der Waals surface area contributed by atoms with Gasteiger partial charge in [-0.2, -0.15) is 0 Å². The molecule has 118 valence electrons. The first kappa shape index (κ1) is 15.5. The zero-order valence-electron chi connectivity index (χ0n) is 12.8. The number of ether oxygens (including phenoxy) is 1. The molecule has 0 unspecified atom stereocenters. The van der Waals surface area contributed by atoms with Gasteiger partial charge in [0.15, 0.2) is 0 Å². The van der Waals surface area contributed by atoms with Gasteiger partial charge >= 0.3 is 0 Å². The average molecular weight is 327 g/mol. The van der Waals surface area contributed by atoms with E-state index in [4.69, 9.17) is 4.74 Å². The summed E-state index contributed by atoms with van der Waals surface area (Å²) < 4.78 is 5.33. The molecule has 0 aliphatic rings. The third-order valence-electron chi connectivity index (χ3n) is 3.06. The van der Waals surface area contributed by atoms with Crippen LogP contribution < -0.4 is 10.1 Å². The molecule has 0 bridgehead atoms. The molecule has 0 saturated heterocycles. The van der Waals surface area contributed by atoms with E-state index in [0.29, 0.717) is 19.0 Å². The predicted octanol–water partition coefficient (Wildman–Crippen LogP) is 2.68. The Balaban J connectivity index is 1.52. The van der Waals surface area contributed by atoms with E-state index < -0.39 is 0 Å². The Hall–Kier alpha value is -2.38. The number of aromatic nitrogens is 4. The van der Waals surface area contributed by atoms with Gasteiger partial charge in [-0.3, -0.25) is 9.97 Å². The van der Waals surface area contributed by atoms with Crippen molar-refractivity contribution in [1.29, 1.82) is 0 Å². The summed E-state index contributed by atoms with van der Waals surface area (Å²) in [5.41, 5.74) is 2.91. The number of thiazole rings is 1. The zero-order valence-corrected chi connectivity index (χ0v) is 13.6. The van der Waals surface area contributed by atoms with Gasteiger partial charge in [-0.05, 0) is 12.5 Å². The molecule has 0 atom stereocenters. The van der Waals surface area contributed by atoms with E-state index in [0.717, 1.165) is 28.5 Å². The molecule has 0 aliphatic carbocycles. The number of pyridine rings is 1. The Bertz CT molecular complexity index is 730. The average Bonchev–Trinajstić information content (AvgIpc) is 3.06. The van der Waals surface area contributed by atoms with Crippen LogP contribution in [0.5, 0.6) is 5.88 Å². The van der Waals surface area contributed by atoms with Gasteiger partial charge in [-0.1, -0.05) is 6.07 Å². The molecule has 6 nitrogen and oxygen atoms in total. The Morgan fingerprint density at radius 3 is 2.83 bits per heavy atom.